The molecule has 1 heterocycles. The molecule has 0 radical (unpaired) electrons. The third kappa shape index (κ3) is 3.97. The summed E-state index contributed by atoms with van der Waals surface area (Å²) in [7, 11) is 0. The van der Waals surface area contributed by atoms with Crippen molar-refractivity contribution in [2.45, 2.75) is 44.9 Å². The Kier molecular flexibility index (Phi) is 4.87. The summed E-state index contributed by atoms with van der Waals surface area (Å²) in [6.07, 6.45) is 13.3. The monoisotopic (exact) mass is 221 g/mol. The van der Waals surface area contributed by atoms with Gasteiger partial charge in [0.05, 0.1) is 0 Å². The van der Waals surface area contributed by atoms with Gasteiger partial charge < -0.3 is 10.3 Å². The third-order valence-electron chi connectivity index (χ3n) is 3.50. The van der Waals surface area contributed by atoms with Crippen LogP contribution in [0.5, 0.6) is 0 Å². The second-order valence-electron chi connectivity index (χ2n) is 4.85. The average Bonchev–Trinajstić information content (AvgIpc) is 2.68. The predicted octanol–water partition coefficient (Wildman–Crippen LogP) is 2.51. The summed E-state index contributed by atoms with van der Waals surface area (Å²) < 4.78 is 0. The van der Waals surface area contributed by atoms with Crippen molar-refractivity contribution >= 4 is 0 Å². The summed E-state index contributed by atoms with van der Waals surface area (Å²) in [4.78, 5) is 7.35. The molecule has 0 spiro atoms. The van der Waals surface area contributed by atoms with Crippen molar-refractivity contribution in [3.63, 3.8) is 0 Å². The molecule has 1 aliphatic rings. The third-order valence-corrected chi connectivity index (χ3v) is 3.50. The molecule has 0 aromatic carbocycles. The molecule has 2 rings (SSSR count). The summed E-state index contributed by atoms with van der Waals surface area (Å²) >= 11 is 0. The van der Waals surface area contributed by atoms with E-state index in [0.717, 1.165) is 24.7 Å². The fourth-order valence-electron chi connectivity index (χ4n) is 2.52. The molecular weight excluding hydrogens is 198 g/mol. The molecule has 1 aromatic rings. The van der Waals surface area contributed by atoms with E-state index in [-0.39, 0.29) is 0 Å². The van der Waals surface area contributed by atoms with Gasteiger partial charge in [0, 0.05) is 25.4 Å². The van der Waals surface area contributed by atoms with Gasteiger partial charge in [0.1, 0.15) is 5.82 Å². The molecule has 90 valence electrons. The van der Waals surface area contributed by atoms with Crippen LogP contribution in [0.4, 0.5) is 0 Å². The van der Waals surface area contributed by atoms with Gasteiger partial charge in [0.15, 0.2) is 0 Å². The first-order valence-corrected chi connectivity index (χ1v) is 6.64. The van der Waals surface area contributed by atoms with Gasteiger partial charge in [-0.2, -0.15) is 0 Å². The highest BCUT2D eigenvalue weighted by molar-refractivity contribution is 4.87. The van der Waals surface area contributed by atoms with E-state index in [1.807, 2.05) is 12.4 Å². The van der Waals surface area contributed by atoms with Crippen molar-refractivity contribution in [3.05, 3.63) is 18.2 Å². The van der Waals surface area contributed by atoms with Crippen LogP contribution in [0, 0.1) is 5.92 Å². The Morgan fingerprint density at radius 2 is 2.06 bits per heavy atom. The molecule has 0 amide bonds. The summed E-state index contributed by atoms with van der Waals surface area (Å²) in [5.74, 6) is 2.01. The first-order valence-electron chi connectivity index (χ1n) is 6.64. The Morgan fingerprint density at radius 1 is 1.25 bits per heavy atom. The van der Waals surface area contributed by atoms with Gasteiger partial charge in [-0.3, -0.25) is 0 Å². The van der Waals surface area contributed by atoms with Crippen molar-refractivity contribution in [3.8, 4) is 0 Å². The molecule has 3 nitrogen and oxygen atoms in total. The highest BCUT2D eigenvalue weighted by atomic mass is 14.9. The van der Waals surface area contributed by atoms with Gasteiger partial charge in [-0.05, 0) is 25.3 Å². The molecule has 0 bridgehead atoms. The summed E-state index contributed by atoms with van der Waals surface area (Å²) in [6.45, 7) is 2.24. The minimum Gasteiger partial charge on any atom is -0.349 e. The molecule has 0 atom stereocenters. The zero-order chi connectivity index (χ0) is 11.1. The number of hydrogen-bond acceptors (Lipinski definition) is 2. The summed E-state index contributed by atoms with van der Waals surface area (Å²) in [5.41, 5.74) is 0. The molecule has 0 saturated heterocycles. The number of aromatic nitrogens is 2. The topological polar surface area (TPSA) is 40.7 Å². The maximum Gasteiger partial charge on any atom is 0.107 e. The van der Waals surface area contributed by atoms with Crippen LogP contribution in [0.25, 0.3) is 0 Å². The van der Waals surface area contributed by atoms with E-state index in [2.05, 4.69) is 15.3 Å². The highest BCUT2D eigenvalue weighted by Gasteiger charge is 2.11. The lowest BCUT2D eigenvalue weighted by Crippen LogP contribution is -2.25. The maximum atomic E-state index is 4.22. The van der Waals surface area contributed by atoms with E-state index >= 15 is 0 Å². The second kappa shape index (κ2) is 6.69. The lowest BCUT2D eigenvalue weighted by Gasteiger charge is -2.14. The first kappa shape index (κ1) is 11.6. The van der Waals surface area contributed by atoms with Gasteiger partial charge in [-0.15, -0.1) is 0 Å². The Morgan fingerprint density at radius 3 is 2.75 bits per heavy atom. The molecule has 1 fully saturated rings. The van der Waals surface area contributed by atoms with E-state index in [0.29, 0.717) is 0 Å². The average molecular weight is 221 g/mol. The van der Waals surface area contributed by atoms with Crippen molar-refractivity contribution in [2.75, 3.05) is 13.1 Å². The Balaban J connectivity index is 1.56. The van der Waals surface area contributed by atoms with Crippen LogP contribution in [0.15, 0.2) is 12.4 Å². The molecule has 16 heavy (non-hydrogen) atoms. The van der Waals surface area contributed by atoms with Crippen LogP contribution in [0.2, 0.25) is 0 Å². The largest absolute Gasteiger partial charge is 0.349 e. The van der Waals surface area contributed by atoms with Crippen LogP contribution < -0.4 is 5.32 Å². The summed E-state index contributed by atoms with van der Waals surface area (Å²) in [6, 6.07) is 0. The maximum absolute atomic E-state index is 4.22. The molecule has 1 aromatic heterocycles. The molecule has 0 unspecified atom stereocenters. The lowest BCUT2D eigenvalue weighted by atomic mass is 10.0. The number of nitrogens with zero attached hydrogens (tertiary/aromatic N) is 1. The smallest absolute Gasteiger partial charge is 0.107 e. The van der Waals surface area contributed by atoms with Crippen LogP contribution >= 0.6 is 0 Å². The molecule has 1 saturated carbocycles. The second-order valence-corrected chi connectivity index (χ2v) is 4.85. The van der Waals surface area contributed by atoms with Gasteiger partial charge in [-0.1, -0.05) is 25.7 Å². The predicted molar refractivity (Wildman–Crippen MR) is 66.4 cm³/mol. The van der Waals surface area contributed by atoms with Crippen LogP contribution in [0.3, 0.4) is 0 Å². The number of aromatic amines is 1. The number of rotatable bonds is 5. The molecule has 0 aliphatic heterocycles. The van der Waals surface area contributed by atoms with Crippen molar-refractivity contribution in [2.24, 2.45) is 5.92 Å². The van der Waals surface area contributed by atoms with Gasteiger partial charge in [0.2, 0.25) is 0 Å². The minimum absolute atomic E-state index is 0.916. The van der Waals surface area contributed by atoms with Crippen molar-refractivity contribution in [1.29, 1.82) is 0 Å². The van der Waals surface area contributed by atoms with Gasteiger partial charge in [0.25, 0.3) is 0 Å². The van der Waals surface area contributed by atoms with Gasteiger partial charge >= 0.3 is 0 Å². The Labute approximate surface area is 98.1 Å². The van der Waals surface area contributed by atoms with Crippen molar-refractivity contribution < 1.29 is 0 Å². The number of nitrogens with one attached hydrogen (secondary N) is 2. The van der Waals surface area contributed by atoms with Gasteiger partial charge in [-0.25, -0.2) is 4.98 Å². The zero-order valence-corrected chi connectivity index (χ0v) is 10.0. The molecule has 1 aliphatic carbocycles. The first-order chi connectivity index (χ1) is 7.95. The summed E-state index contributed by atoms with van der Waals surface area (Å²) in [5, 5.41) is 3.56. The Bertz CT molecular complexity index is 261. The number of hydrogen-bond donors (Lipinski definition) is 2. The van der Waals surface area contributed by atoms with Crippen LogP contribution in [-0.4, -0.2) is 23.1 Å². The molecule has 3 heteroatoms. The quantitative estimate of drug-likeness (QED) is 0.592. The van der Waals surface area contributed by atoms with Crippen LogP contribution in [0.1, 0.15) is 44.3 Å². The fraction of sp³-hybridized carbons (Fsp3) is 0.769. The number of H-pyrrole nitrogens is 1. The van der Waals surface area contributed by atoms with E-state index in [9.17, 15) is 0 Å². The standard InChI is InChI=1S/C13H23N3/c1-2-4-6-12(5-3-1)11-14-8-7-13-15-9-10-16-13/h9-10,12,14H,1-8,11H2,(H,15,16). The van der Waals surface area contributed by atoms with E-state index in [4.69, 9.17) is 0 Å². The Hall–Kier alpha value is -0.830. The fourth-order valence-corrected chi connectivity index (χ4v) is 2.52. The lowest BCUT2D eigenvalue weighted by molar-refractivity contribution is 0.426. The SMILES string of the molecule is c1c[nH]c(CCNCC2CCCCCC2)n1. The normalized spacial score (nSPS) is 18.5. The van der Waals surface area contributed by atoms with Crippen molar-refractivity contribution in [1.82, 2.24) is 15.3 Å². The number of imidazole rings is 1. The highest BCUT2D eigenvalue weighted by Crippen LogP contribution is 2.21. The minimum atomic E-state index is 0.916. The van der Waals surface area contributed by atoms with E-state index < -0.39 is 0 Å². The van der Waals surface area contributed by atoms with E-state index in [1.165, 1.54) is 45.1 Å². The van der Waals surface area contributed by atoms with E-state index in [1.54, 1.807) is 0 Å². The molecule has 2 N–H and O–H groups in total. The molecular formula is C13H23N3. The van der Waals surface area contributed by atoms with Crippen LogP contribution in [-0.2, 0) is 6.42 Å². The zero-order valence-electron chi connectivity index (χ0n) is 10.0.